The Morgan fingerprint density at radius 3 is 2.94 bits per heavy atom. The fraction of sp³-hybridized carbons (Fsp3) is 0.182. The first-order valence-electron chi connectivity index (χ1n) is 4.74. The zero-order chi connectivity index (χ0) is 11.5. The Morgan fingerprint density at radius 1 is 1.50 bits per heavy atom. The molecule has 1 N–H and O–H groups in total. The molecule has 0 radical (unpaired) electrons. The average Bonchev–Trinajstić information content (AvgIpc) is 2.63. The highest BCUT2D eigenvalue weighted by atomic mass is 35.5. The maximum atomic E-state index is 13.4. The van der Waals surface area contributed by atoms with Crippen LogP contribution >= 0.6 is 22.9 Å². The van der Waals surface area contributed by atoms with Gasteiger partial charge in [-0.1, -0.05) is 11.6 Å². The van der Waals surface area contributed by atoms with Crippen LogP contribution in [0, 0.1) is 12.7 Å². The van der Waals surface area contributed by atoms with Gasteiger partial charge < -0.3 is 5.32 Å². The molecule has 2 aromatic rings. The lowest BCUT2D eigenvalue weighted by Crippen LogP contribution is -2.01. The quantitative estimate of drug-likeness (QED) is 0.902. The number of aryl methyl sites for hydroxylation is 1. The molecule has 0 spiro atoms. The van der Waals surface area contributed by atoms with Gasteiger partial charge in [-0.05, 0) is 25.1 Å². The van der Waals surface area contributed by atoms with E-state index in [4.69, 9.17) is 11.6 Å². The number of nitrogens with one attached hydrogen (secondary N) is 1. The molecule has 1 aromatic heterocycles. The van der Waals surface area contributed by atoms with Crippen LogP contribution in [-0.2, 0) is 6.54 Å². The summed E-state index contributed by atoms with van der Waals surface area (Å²) in [5.41, 5.74) is 3.22. The number of rotatable bonds is 3. The Bertz CT molecular complexity index is 498. The highest BCUT2D eigenvalue weighted by Crippen LogP contribution is 2.20. The van der Waals surface area contributed by atoms with Gasteiger partial charge in [0.05, 0.1) is 23.4 Å². The van der Waals surface area contributed by atoms with Crippen LogP contribution in [0.1, 0.15) is 10.6 Å². The largest absolute Gasteiger partial charge is 0.378 e. The number of aromatic nitrogens is 1. The van der Waals surface area contributed by atoms with Gasteiger partial charge >= 0.3 is 0 Å². The maximum Gasteiger partial charge on any atom is 0.147 e. The van der Waals surface area contributed by atoms with Crippen molar-refractivity contribution in [3.05, 3.63) is 45.1 Å². The van der Waals surface area contributed by atoms with Crippen molar-refractivity contribution >= 4 is 28.6 Å². The molecular formula is C11H10ClFN2S. The van der Waals surface area contributed by atoms with Gasteiger partial charge in [0.1, 0.15) is 5.82 Å². The summed E-state index contributed by atoms with van der Waals surface area (Å²) in [5.74, 6) is -0.338. The third-order valence-corrected chi connectivity index (χ3v) is 3.39. The van der Waals surface area contributed by atoms with Gasteiger partial charge in [0.2, 0.25) is 0 Å². The summed E-state index contributed by atoms with van der Waals surface area (Å²) in [4.78, 5) is 5.23. The van der Waals surface area contributed by atoms with Crippen LogP contribution in [0.5, 0.6) is 0 Å². The van der Waals surface area contributed by atoms with E-state index < -0.39 is 0 Å². The van der Waals surface area contributed by atoms with Crippen LogP contribution in [0.2, 0.25) is 5.02 Å². The normalized spacial score (nSPS) is 10.4. The summed E-state index contributed by atoms with van der Waals surface area (Å²) < 4.78 is 13.4. The molecule has 0 bridgehead atoms. The zero-order valence-corrected chi connectivity index (χ0v) is 10.2. The number of thiazole rings is 1. The van der Waals surface area contributed by atoms with E-state index in [1.54, 1.807) is 29.0 Å². The van der Waals surface area contributed by atoms with E-state index in [2.05, 4.69) is 10.3 Å². The third-order valence-electron chi connectivity index (χ3n) is 2.22. The molecular weight excluding hydrogens is 247 g/mol. The summed E-state index contributed by atoms with van der Waals surface area (Å²) in [7, 11) is 0. The molecule has 1 aromatic carbocycles. The average molecular weight is 257 g/mol. The van der Waals surface area contributed by atoms with Crippen LogP contribution in [0.15, 0.2) is 23.7 Å². The third kappa shape index (κ3) is 2.51. The van der Waals surface area contributed by atoms with E-state index in [-0.39, 0.29) is 5.82 Å². The predicted molar refractivity (Wildman–Crippen MR) is 65.6 cm³/mol. The number of anilines is 1. The molecule has 0 saturated carbocycles. The van der Waals surface area contributed by atoms with Crippen molar-refractivity contribution in [3.8, 4) is 0 Å². The van der Waals surface area contributed by atoms with Crippen molar-refractivity contribution in [1.82, 2.24) is 4.98 Å². The van der Waals surface area contributed by atoms with Crippen LogP contribution in [0.3, 0.4) is 0 Å². The predicted octanol–water partition coefficient (Wildman–Crippen LogP) is 3.86. The topological polar surface area (TPSA) is 24.9 Å². The SMILES string of the molecule is Cc1ncsc1CNc1ccc(Cl)cc1F. The molecule has 2 rings (SSSR count). The molecule has 0 fully saturated rings. The Balaban J connectivity index is 2.08. The smallest absolute Gasteiger partial charge is 0.147 e. The lowest BCUT2D eigenvalue weighted by atomic mass is 10.3. The minimum atomic E-state index is -0.338. The van der Waals surface area contributed by atoms with Gasteiger partial charge in [0, 0.05) is 9.90 Å². The maximum absolute atomic E-state index is 13.4. The van der Waals surface area contributed by atoms with E-state index in [9.17, 15) is 4.39 Å². The minimum Gasteiger partial charge on any atom is -0.378 e. The van der Waals surface area contributed by atoms with E-state index in [0.717, 1.165) is 10.6 Å². The first-order chi connectivity index (χ1) is 7.66. The van der Waals surface area contributed by atoms with Crippen molar-refractivity contribution in [1.29, 1.82) is 0 Å². The van der Waals surface area contributed by atoms with Crippen molar-refractivity contribution in [2.45, 2.75) is 13.5 Å². The first kappa shape index (κ1) is 11.4. The fourth-order valence-corrected chi connectivity index (χ4v) is 2.18. The lowest BCUT2D eigenvalue weighted by Gasteiger charge is -2.06. The van der Waals surface area contributed by atoms with Crippen molar-refractivity contribution in [3.63, 3.8) is 0 Å². The van der Waals surface area contributed by atoms with Crippen LogP contribution in [0.25, 0.3) is 0 Å². The van der Waals surface area contributed by atoms with Crippen molar-refractivity contribution in [2.24, 2.45) is 0 Å². The van der Waals surface area contributed by atoms with E-state index in [0.29, 0.717) is 17.3 Å². The molecule has 0 aliphatic heterocycles. The van der Waals surface area contributed by atoms with E-state index >= 15 is 0 Å². The van der Waals surface area contributed by atoms with Crippen LogP contribution in [0.4, 0.5) is 10.1 Å². The molecule has 0 atom stereocenters. The summed E-state index contributed by atoms with van der Waals surface area (Å²) in [6.07, 6.45) is 0. The van der Waals surface area contributed by atoms with Crippen molar-refractivity contribution in [2.75, 3.05) is 5.32 Å². The van der Waals surface area contributed by atoms with Crippen LogP contribution < -0.4 is 5.32 Å². The van der Waals surface area contributed by atoms with E-state index in [1.165, 1.54) is 6.07 Å². The van der Waals surface area contributed by atoms with Gasteiger partial charge in [0.15, 0.2) is 0 Å². The number of nitrogens with zero attached hydrogens (tertiary/aromatic N) is 1. The summed E-state index contributed by atoms with van der Waals surface area (Å²) in [6.45, 7) is 2.51. The lowest BCUT2D eigenvalue weighted by molar-refractivity contribution is 0.630. The second-order valence-corrected chi connectivity index (χ2v) is 4.71. The molecule has 0 aliphatic rings. The van der Waals surface area contributed by atoms with Crippen LogP contribution in [-0.4, -0.2) is 4.98 Å². The number of benzene rings is 1. The molecule has 0 unspecified atom stereocenters. The van der Waals surface area contributed by atoms with Gasteiger partial charge in [-0.3, -0.25) is 0 Å². The summed E-state index contributed by atoms with van der Waals surface area (Å²) in [6, 6.07) is 4.59. The monoisotopic (exact) mass is 256 g/mol. The van der Waals surface area contributed by atoms with Gasteiger partial charge in [-0.15, -0.1) is 11.3 Å². The number of hydrogen-bond acceptors (Lipinski definition) is 3. The molecule has 1 heterocycles. The van der Waals surface area contributed by atoms with Gasteiger partial charge in [-0.25, -0.2) is 9.37 Å². The van der Waals surface area contributed by atoms with Crippen molar-refractivity contribution < 1.29 is 4.39 Å². The van der Waals surface area contributed by atoms with E-state index in [1.807, 2.05) is 6.92 Å². The number of hydrogen-bond donors (Lipinski definition) is 1. The summed E-state index contributed by atoms with van der Waals surface area (Å²) in [5, 5.41) is 3.42. The Morgan fingerprint density at radius 2 is 2.31 bits per heavy atom. The summed E-state index contributed by atoms with van der Waals surface area (Å²) >= 11 is 7.22. The molecule has 5 heteroatoms. The highest BCUT2D eigenvalue weighted by molar-refractivity contribution is 7.09. The fourth-order valence-electron chi connectivity index (χ4n) is 1.30. The zero-order valence-electron chi connectivity index (χ0n) is 8.63. The standard InChI is InChI=1S/C11H10ClFN2S/c1-7-11(16-6-15-7)5-14-10-3-2-8(12)4-9(10)13/h2-4,6,14H,5H2,1H3. The Labute approximate surface area is 102 Å². The second kappa shape index (κ2) is 4.80. The Kier molecular flexibility index (Phi) is 3.41. The molecule has 84 valence electrons. The minimum absolute atomic E-state index is 0.338. The molecule has 0 saturated heterocycles. The molecule has 16 heavy (non-hydrogen) atoms. The second-order valence-electron chi connectivity index (χ2n) is 3.34. The Hall–Kier alpha value is -1.13. The van der Waals surface area contributed by atoms with Gasteiger partial charge in [-0.2, -0.15) is 0 Å². The highest BCUT2D eigenvalue weighted by Gasteiger charge is 2.04. The molecule has 0 amide bonds. The molecule has 0 aliphatic carbocycles. The van der Waals surface area contributed by atoms with Gasteiger partial charge in [0.25, 0.3) is 0 Å². The molecule has 2 nitrogen and oxygen atoms in total. The number of halogens is 2. The first-order valence-corrected chi connectivity index (χ1v) is 6.00.